The molecule has 23 heavy (non-hydrogen) atoms. The number of hydrogen-bond acceptors (Lipinski definition) is 1. The molecule has 0 fully saturated rings. The molecule has 1 unspecified atom stereocenters. The maximum atomic E-state index is 10.2. The van der Waals surface area contributed by atoms with E-state index in [1.54, 1.807) is 0 Å². The molecule has 1 nitrogen and oxygen atoms in total. The Morgan fingerprint density at radius 1 is 0.739 bits per heavy atom. The van der Waals surface area contributed by atoms with E-state index in [0.717, 1.165) is 0 Å². The zero-order valence-corrected chi connectivity index (χ0v) is 18.6. The highest BCUT2D eigenvalue weighted by atomic mass is 35.6. The van der Waals surface area contributed by atoms with E-state index in [9.17, 15) is 5.11 Å². The highest BCUT2D eigenvalue weighted by Gasteiger charge is 2.53. The Labute approximate surface area is 183 Å². The number of halogens is 10. The summed E-state index contributed by atoms with van der Waals surface area (Å²) in [6.45, 7) is 1.41. The first kappa shape index (κ1) is 23.1. The Bertz CT molecular complexity index is 526. The van der Waals surface area contributed by atoms with E-state index in [1.807, 2.05) is 0 Å². The third-order valence-corrected chi connectivity index (χ3v) is 7.72. The maximum Gasteiger partial charge on any atom is 0.227 e. The van der Waals surface area contributed by atoms with Crippen LogP contribution in [-0.2, 0) is 8.67 Å². The van der Waals surface area contributed by atoms with Gasteiger partial charge in [0, 0.05) is 0 Å². The fraction of sp³-hybridized carbons (Fsp3) is 0.500. The number of aliphatic hydroxyl groups excluding tert-OH is 1. The molecule has 1 rings (SSSR count). The van der Waals surface area contributed by atoms with Gasteiger partial charge in [0.25, 0.3) is 0 Å². The van der Waals surface area contributed by atoms with Gasteiger partial charge in [-0.25, -0.2) is 0 Å². The normalized spacial score (nSPS) is 15.7. The molecule has 0 aliphatic heterocycles. The molecule has 132 valence electrons. The summed E-state index contributed by atoms with van der Waals surface area (Å²) in [5.41, 5.74) is 0.210. The van der Waals surface area contributed by atoms with Gasteiger partial charge in [0.1, 0.15) is 0 Å². The van der Waals surface area contributed by atoms with Crippen molar-refractivity contribution in [2.75, 3.05) is 0 Å². The van der Waals surface area contributed by atoms with E-state index < -0.39 is 22.4 Å². The lowest BCUT2D eigenvalue weighted by Gasteiger charge is -2.35. The summed E-state index contributed by atoms with van der Waals surface area (Å²) in [6, 6.07) is 4.35. The van der Waals surface area contributed by atoms with E-state index in [-0.39, 0.29) is 16.7 Å². The molecule has 0 aliphatic carbocycles. The van der Waals surface area contributed by atoms with Crippen LogP contribution in [0.25, 0.3) is 0 Å². The van der Waals surface area contributed by atoms with Gasteiger partial charge in [0.15, 0.2) is 8.67 Å². The minimum absolute atomic E-state index is 0.0632. The van der Waals surface area contributed by atoms with Crippen molar-refractivity contribution in [1.82, 2.24) is 0 Å². The van der Waals surface area contributed by atoms with Gasteiger partial charge >= 0.3 is 0 Å². The number of aliphatic hydroxyl groups is 1. The van der Waals surface area contributed by atoms with Gasteiger partial charge < -0.3 is 5.11 Å². The fourth-order valence-corrected chi connectivity index (χ4v) is 3.14. The monoisotopic (exact) mass is 518 g/mol. The standard InChI is InChI=1S/C12H8Cl10O/c1-5(23)8-6(9(13,14)11(17,18)19)3-2-4-7(8)10(15,16)12(20,21)22/h2-5,23H,1H3. The molecule has 11 heteroatoms. The second kappa shape index (κ2) is 7.60. The van der Waals surface area contributed by atoms with Crippen molar-refractivity contribution in [1.29, 1.82) is 0 Å². The quantitative estimate of drug-likeness (QED) is 0.403. The fourth-order valence-electron chi connectivity index (χ4n) is 1.87. The molecule has 0 saturated carbocycles. The van der Waals surface area contributed by atoms with Crippen molar-refractivity contribution < 1.29 is 5.11 Å². The van der Waals surface area contributed by atoms with Gasteiger partial charge in [-0.3, -0.25) is 0 Å². The molecule has 1 N–H and O–H groups in total. The third-order valence-electron chi connectivity index (χ3n) is 2.91. The van der Waals surface area contributed by atoms with Gasteiger partial charge in [-0.2, -0.15) is 0 Å². The number of benzene rings is 1. The summed E-state index contributed by atoms with van der Waals surface area (Å²) in [4.78, 5) is 0. The van der Waals surface area contributed by atoms with Crippen molar-refractivity contribution in [3.05, 3.63) is 34.9 Å². The lowest BCUT2D eigenvalue weighted by Crippen LogP contribution is -2.34. The average molecular weight is 523 g/mol. The third kappa shape index (κ3) is 4.68. The SMILES string of the molecule is CC(O)c1c(C(Cl)(Cl)C(Cl)(Cl)Cl)cccc1C(Cl)(Cl)C(Cl)(Cl)Cl. The molecule has 0 spiro atoms. The average Bonchev–Trinajstić information content (AvgIpc) is 2.34. The van der Waals surface area contributed by atoms with Crippen LogP contribution in [0.15, 0.2) is 18.2 Å². The second-order valence-corrected chi connectivity index (χ2v) is 11.8. The van der Waals surface area contributed by atoms with Gasteiger partial charge in [0.2, 0.25) is 7.59 Å². The Balaban J connectivity index is 3.77. The van der Waals surface area contributed by atoms with E-state index in [1.165, 1.54) is 25.1 Å². The largest absolute Gasteiger partial charge is 0.389 e. The summed E-state index contributed by atoms with van der Waals surface area (Å²) < 4.78 is -8.31. The van der Waals surface area contributed by atoms with Crippen molar-refractivity contribution in [2.45, 2.75) is 29.3 Å². The molecule has 0 amide bonds. The molecular formula is C12H8Cl10O. The van der Waals surface area contributed by atoms with Crippen molar-refractivity contribution >= 4 is 116 Å². The molecule has 1 aromatic rings. The second-order valence-electron chi connectivity index (χ2n) is 4.59. The first-order chi connectivity index (χ1) is 10.0. The molecule has 0 bridgehead atoms. The zero-order chi connectivity index (χ0) is 18.4. The molecular weight excluding hydrogens is 515 g/mol. The number of rotatable bonds is 3. The first-order valence-electron chi connectivity index (χ1n) is 5.76. The number of alkyl halides is 10. The van der Waals surface area contributed by atoms with Crippen LogP contribution in [0.3, 0.4) is 0 Å². The van der Waals surface area contributed by atoms with Crippen molar-refractivity contribution in [2.24, 2.45) is 0 Å². The highest BCUT2D eigenvalue weighted by molar-refractivity contribution is 6.76. The van der Waals surface area contributed by atoms with E-state index in [4.69, 9.17) is 116 Å². The van der Waals surface area contributed by atoms with Crippen molar-refractivity contribution in [3.63, 3.8) is 0 Å². The van der Waals surface area contributed by atoms with Gasteiger partial charge in [-0.05, 0) is 23.6 Å². The first-order valence-corrected chi connectivity index (χ1v) is 9.54. The van der Waals surface area contributed by atoms with Gasteiger partial charge in [-0.1, -0.05) is 134 Å². The smallest absolute Gasteiger partial charge is 0.227 e. The van der Waals surface area contributed by atoms with Crippen molar-refractivity contribution in [3.8, 4) is 0 Å². The minimum atomic E-state index is -2.13. The molecule has 0 aliphatic rings. The maximum absolute atomic E-state index is 10.2. The van der Waals surface area contributed by atoms with E-state index in [0.29, 0.717) is 0 Å². The molecule has 0 heterocycles. The van der Waals surface area contributed by atoms with Crippen LogP contribution in [0.1, 0.15) is 29.7 Å². The molecule has 1 aromatic carbocycles. The van der Waals surface area contributed by atoms with E-state index in [2.05, 4.69) is 0 Å². The van der Waals surface area contributed by atoms with Crippen LogP contribution >= 0.6 is 116 Å². The molecule has 0 aromatic heterocycles. The zero-order valence-electron chi connectivity index (χ0n) is 11.0. The summed E-state index contributed by atoms with van der Waals surface area (Å²) in [5.74, 6) is 0. The predicted octanol–water partition coefficient (Wildman–Crippen LogP) is 7.74. The van der Waals surface area contributed by atoms with Crippen LogP contribution < -0.4 is 0 Å². The topological polar surface area (TPSA) is 20.2 Å². The van der Waals surface area contributed by atoms with Crippen LogP contribution in [0.5, 0.6) is 0 Å². The lowest BCUT2D eigenvalue weighted by molar-refractivity contribution is 0.196. The summed E-state index contributed by atoms with van der Waals surface area (Å²) in [6.07, 6.45) is -1.16. The lowest BCUT2D eigenvalue weighted by atomic mass is 9.93. The van der Waals surface area contributed by atoms with Crippen LogP contribution in [-0.4, -0.2) is 12.7 Å². The van der Waals surface area contributed by atoms with Crippen LogP contribution in [0, 0.1) is 0 Å². The summed E-state index contributed by atoms with van der Waals surface area (Å²) in [7, 11) is 0. The van der Waals surface area contributed by atoms with Gasteiger partial charge in [0.05, 0.1) is 6.10 Å². The Hall–Kier alpha value is 2.08. The van der Waals surface area contributed by atoms with E-state index >= 15 is 0 Å². The molecule has 0 radical (unpaired) electrons. The summed E-state index contributed by atoms with van der Waals surface area (Å²) >= 11 is 59.8. The minimum Gasteiger partial charge on any atom is -0.389 e. The van der Waals surface area contributed by atoms with Gasteiger partial charge in [-0.15, -0.1) is 0 Å². The number of hydrogen-bond donors (Lipinski definition) is 1. The summed E-state index contributed by atoms with van der Waals surface area (Å²) in [5, 5.41) is 10.2. The Morgan fingerprint density at radius 2 is 1.04 bits per heavy atom. The Morgan fingerprint density at radius 3 is 1.26 bits per heavy atom. The predicted molar refractivity (Wildman–Crippen MR) is 104 cm³/mol. The molecule has 1 atom stereocenters. The highest BCUT2D eigenvalue weighted by Crippen LogP contribution is 2.58. The Kier molecular flexibility index (Phi) is 7.64. The molecule has 0 saturated heterocycles. The van der Waals surface area contributed by atoms with Crippen LogP contribution in [0.2, 0.25) is 0 Å². The van der Waals surface area contributed by atoms with Crippen LogP contribution in [0.4, 0.5) is 0 Å².